The van der Waals surface area contributed by atoms with Crippen LogP contribution in [0.4, 0.5) is 4.39 Å². The minimum absolute atomic E-state index is 0.257. The van der Waals surface area contributed by atoms with Gasteiger partial charge in [0.25, 0.3) is 0 Å². The maximum Gasteiger partial charge on any atom is 0.126 e. The molecule has 0 saturated heterocycles. The Morgan fingerprint density at radius 3 is 2.89 bits per heavy atom. The Balaban J connectivity index is 1.90. The van der Waals surface area contributed by atoms with Crippen LogP contribution in [0.2, 0.25) is 5.02 Å². The minimum atomic E-state index is -0.608. The molecule has 1 atom stereocenters. The number of aliphatic hydroxyl groups excluding tert-OH is 1. The van der Waals surface area contributed by atoms with Gasteiger partial charge in [-0.2, -0.15) is 0 Å². The van der Waals surface area contributed by atoms with E-state index < -0.39 is 6.10 Å². The van der Waals surface area contributed by atoms with Crippen molar-refractivity contribution in [3.63, 3.8) is 0 Å². The molecule has 0 aliphatic heterocycles. The van der Waals surface area contributed by atoms with Gasteiger partial charge >= 0.3 is 0 Å². The zero-order chi connectivity index (χ0) is 13.0. The van der Waals surface area contributed by atoms with E-state index in [-0.39, 0.29) is 12.2 Å². The smallest absolute Gasteiger partial charge is 0.126 e. The van der Waals surface area contributed by atoms with Gasteiger partial charge in [-0.1, -0.05) is 11.6 Å². The van der Waals surface area contributed by atoms with Gasteiger partial charge in [0.2, 0.25) is 0 Å². The molecule has 0 aliphatic rings. The standard InChI is InChI=1S/C14H14ClFO2/c15-11-3-6-14(16)10(8-11)9-12(17)4-5-13-2-1-7-18-13/h1-3,6-8,12,17H,4-5,9H2. The number of hydrogen-bond acceptors (Lipinski definition) is 2. The van der Waals surface area contributed by atoms with E-state index in [2.05, 4.69) is 0 Å². The van der Waals surface area contributed by atoms with Gasteiger partial charge < -0.3 is 9.52 Å². The summed E-state index contributed by atoms with van der Waals surface area (Å²) in [6, 6.07) is 8.02. The van der Waals surface area contributed by atoms with Crippen LogP contribution in [-0.2, 0) is 12.8 Å². The number of rotatable bonds is 5. The van der Waals surface area contributed by atoms with E-state index in [0.717, 1.165) is 5.76 Å². The van der Waals surface area contributed by atoms with Crippen LogP contribution in [0.15, 0.2) is 41.0 Å². The average molecular weight is 269 g/mol. The Morgan fingerprint density at radius 1 is 1.33 bits per heavy atom. The van der Waals surface area contributed by atoms with Crippen LogP contribution in [0.5, 0.6) is 0 Å². The van der Waals surface area contributed by atoms with E-state index in [0.29, 0.717) is 23.4 Å². The van der Waals surface area contributed by atoms with E-state index >= 15 is 0 Å². The molecular weight excluding hydrogens is 255 g/mol. The predicted octanol–water partition coefficient (Wildman–Crippen LogP) is 3.61. The number of halogens is 2. The fraction of sp³-hybridized carbons (Fsp3) is 0.286. The van der Waals surface area contributed by atoms with Gasteiger partial charge in [-0.3, -0.25) is 0 Å². The van der Waals surface area contributed by atoms with Crippen LogP contribution in [-0.4, -0.2) is 11.2 Å². The highest BCUT2D eigenvalue weighted by atomic mass is 35.5. The highest BCUT2D eigenvalue weighted by Crippen LogP contribution is 2.18. The second-order valence-electron chi connectivity index (χ2n) is 4.21. The number of aryl methyl sites for hydroxylation is 1. The molecule has 0 spiro atoms. The maximum atomic E-state index is 13.5. The molecule has 96 valence electrons. The molecule has 2 aromatic rings. The summed E-state index contributed by atoms with van der Waals surface area (Å²) in [6.07, 6.45) is 2.41. The van der Waals surface area contributed by atoms with E-state index in [9.17, 15) is 9.50 Å². The second-order valence-corrected chi connectivity index (χ2v) is 4.65. The lowest BCUT2D eigenvalue weighted by molar-refractivity contribution is 0.161. The van der Waals surface area contributed by atoms with Crippen LogP contribution in [0.3, 0.4) is 0 Å². The molecule has 4 heteroatoms. The number of furan rings is 1. The van der Waals surface area contributed by atoms with Crippen molar-refractivity contribution in [1.82, 2.24) is 0 Å². The zero-order valence-corrected chi connectivity index (χ0v) is 10.5. The van der Waals surface area contributed by atoms with E-state index in [1.165, 1.54) is 12.1 Å². The largest absolute Gasteiger partial charge is 0.469 e. The van der Waals surface area contributed by atoms with Gasteiger partial charge in [0.15, 0.2) is 0 Å². The fourth-order valence-corrected chi connectivity index (χ4v) is 2.01. The summed E-state index contributed by atoms with van der Waals surface area (Å²) in [5.41, 5.74) is 0.439. The lowest BCUT2D eigenvalue weighted by atomic mass is 10.0. The topological polar surface area (TPSA) is 33.4 Å². The molecule has 2 rings (SSSR count). The molecule has 1 unspecified atom stereocenters. The third kappa shape index (κ3) is 3.59. The lowest BCUT2D eigenvalue weighted by Gasteiger charge is -2.10. The molecular formula is C14H14ClFO2. The van der Waals surface area contributed by atoms with Gasteiger partial charge in [-0.15, -0.1) is 0 Å². The molecule has 0 radical (unpaired) electrons. The van der Waals surface area contributed by atoms with Crippen molar-refractivity contribution in [2.24, 2.45) is 0 Å². The highest BCUT2D eigenvalue weighted by molar-refractivity contribution is 6.30. The zero-order valence-electron chi connectivity index (χ0n) is 9.77. The first-order chi connectivity index (χ1) is 8.65. The second kappa shape index (κ2) is 6.03. The van der Waals surface area contributed by atoms with Crippen molar-refractivity contribution < 1.29 is 13.9 Å². The van der Waals surface area contributed by atoms with E-state index in [1.807, 2.05) is 6.07 Å². The summed E-state index contributed by atoms with van der Waals surface area (Å²) in [7, 11) is 0. The summed E-state index contributed by atoms with van der Waals surface area (Å²) in [5, 5.41) is 10.3. The third-order valence-corrected chi connectivity index (χ3v) is 3.00. The molecule has 0 bridgehead atoms. The first-order valence-corrected chi connectivity index (χ1v) is 6.17. The summed E-state index contributed by atoms with van der Waals surface area (Å²) >= 11 is 5.80. The molecule has 0 saturated carbocycles. The Kier molecular flexibility index (Phi) is 4.39. The van der Waals surface area contributed by atoms with Crippen LogP contribution in [0, 0.1) is 5.82 Å². The van der Waals surface area contributed by atoms with Crippen LogP contribution in [0.1, 0.15) is 17.7 Å². The van der Waals surface area contributed by atoms with Gasteiger partial charge in [0.1, 0.15) is 11.6 Å². The van der Waals surface area contributed by atoms with Gasteiger partial charge in [-0.25, -0.2) is 4.39 Å². The van der Waals surface area contributed by atoms with Crippen molar-refractivity contribution >= 4 is 11.6 Å². The summed E-state index contributed by atoms with van der Waals surface area (Å²) in [6.45, 7) is 0. The maximum absolute atomic E-state index is 13.5. The molecule has 0 aliphatic carbocycles. The molecule has 18 heavy (non-hydrogen) atoms. The van der Waals surface area contributed by atoms with Crippen molar-refractivity contribution in [3.05, 3.63) is 58.8 Å². The monoisotopic (exact) mass is 268 g/mol. The molecule has 1 heterocycles. The van der Waals surface area contributed by atoms with E-state index in [4.69, 9.17) is 16.0 Å². The normalized spacial score (nSPS) is 12.6. The van der Waals surface area contributed by atoms with Crippen LogP contribution >= 0.6 is 11.6 Å². The van der Waals surface area contributed by atoms with Crippen LogP contribution < -0.4 is 0 Å². The molecule has 1 aromatic carbocycles. The van der Waals surface area contributed by atoms with Crippen molar-refractivity contribution in [2.45, 2.75) is 25.4 Å². The first-order valence-electron chi connectivity index (χ1n) is 5.79. The fourth-order valence-electron chi connectivity index (χ4n) is 1.82. The highest BCUT2D eigenvalue weighted by Gasteiger charge is 2.11. The molecule has 0 amide bonds. The molecule has 1 N–H and O–H groups in total. The Bertz CT molecular complexity index is 497. The van der Waals surface area contributed by atoms with Crippen molar-refractivity contribution in [3.8, 4) is 0 Å². The van der Waals surface area contributed by atoms with Crippen molar-refractivity contribution in [1.29, 1.82) is 0 Å². The Hall–Kier alpha value is -1.32. The molecule has 0 fully saturated rings. The summed E-state index contributed by atoms with van der Waals surface area (Å²) in [4.78, 5) is 0. The van der Waals surface area contributed by atoms with Crippen molar-refractivity contribution in [2.75, 3.05) is 0 Å². The Labute approximate surface area is 110 Å². The van der Waals surface area contributed by atoms with Gasteiger partial charge in [0, 0.05) is 17.9 Å². The number of benzene rings is 1. The quantitative estimate of drug-likeness (QED) is 0.899. The third-order valence-electron chi connectivity index (χ3n) is 2.77. The SMILES string of the molecule is OC(CCc1ccco1)Cc1cc(Cl)ccc1F. The number of hydrogen-bond donors (Lipinski definition) is 1. The molecule has 1 aromatic heterocycles. The number of aliphatic hydroxyl groups is 1. The predicted molar refractivity (Wildman–Crippen MR) is 68.1 cm³/mol. The Morgan fingerprint density at radius 2 is 2.17 bits per heavy atom. The first kappa shape index (κ1) is 13.1. The van der Waals surface area contributed by atoms with Gasteiger partial charge in [-0.05, 0) is 42.3 Å². The van der Waals surface area contributed by atoms with E-state index in [1.54, 1.807) is 18.4 Å². The van der Waals surface area contributed by atoms with Crippen LogP contribution in [0.25, 0.3) is 0 Å². The summed E-state index contributed by atoms with van der Waals surface area (Å²) in [5.74, 6) is 0.483. The lowest BCUT2D eigenvalue weighted by Crippen LogP contribution is -2.12. The van der Waals surface area contributed by atoms with Gasteiger partial charge in [0.05, 0.1) is 12.4 Å². The average Bonchev–Trinajstić information content (AvgIpc) is 2.84. The summed E-state index contributed by atoms with van der Waals surface area (Å²) < 4.78 is 18.6. The minimum Gasteiger partial charge on any atom is -0.469 e. The molecule has 2 nitrogen and oxygen atoms in total.